The van der Waals surface area contributed by atoms with E-state index in [-0.39, 0.29) is 24.5 Å². The van der Waals surface area contributed by atoms with E-state index in [9.17, 15) is 14.4 Å². The minimum absolute atomic E-state index is 0.0389. The zero-order valence-electron chi connectivity index (χ0n) is 13.2. The van der Waals surface area contributed by atoms with E-state index in [0.29, 0.717) is 5.69 Å². The van der Waals surface area contributed by atoms with Crippen LogP contribution in [0.15, 0.2) is 23.3 Å². The van der Waals surface area contributed by atoms with Gasteiger partial charge >= 0.3 is 5.97 Å². The van der Waals surface area contributed by atoms with Crippen molar-refractivity contribution in [2.45, 2.75) is 32.2 Å². The van der Waals surface area contributed by atoms with Crippen molar-refractivity contribution in [3.8, 4) is 0 Å². The first-order valence-electron chi connectivity index (χ1n) is 7.25. The molecule has 1 aromatic carbocycles. The summed E-state index contributed by atoms with van der Waals surface area (Å²) in [5.41, 5.74) is 4.23. The van der Waals surface area contributed by atoms with Crippen LogP contribution in [0.25, 0.3) is 0 Å². The van der Waals surface area contributed by atoms with Gasteiger partial charge in [-0.05, 0) is 37.1 Å². The highest BCUT2D eigenvalue weighted by molar-refractivity contribution is 6.39. The molecule has 23 heavy (non-hydrogen) atoms. The molecule has 0 saturated carbocycles. The Morgan fingerprint density at radius 2 is 2.00 bits per heavy atom. The Bertz CT molecular complexity index is 756. The molecule has 1 aromatic rings. The Hall–Kier alpha value is -2.70. The van der Waals surface area contributed by atoms with Gasteiger partial charge in [-0.1, -0.05) is 6.07 Å². The molecule has 7 nitrogen and oxygen atoms in total. The molecule has 0 bridgehead atoms. The van der Waals surface area contributed by atoms with Gasteiger partial charge < -0.3 is 4.74 Å². The number of amides is 2. The van der Waals surface area contributed by atoms with Gasteiger partial charge in [0.25, 0.3) is 5.91 Å². The number of methoxy groups -OCH3 is 1. The summed E-state index contributed by atoms with van der Waals surface area (Å²) < 4.78 is 4.62. The molecule has 1 saturated heterocycles. The number of ether oxygens (including phenoxy) is 1. The number of carbonyl (C=O) groups is 3. The van der Waals surface area contributed by atoms with Crippen LogP contribution >= 0.6 is 0 Å². The van der Waals surface area contributed by atoms with Crippen LogP contribution in [0.2, 0.25) is 0 Å². The van der Waals surface area contributed by atoms with Crippen molar-refractivity contribution < 1.29 is 19.1 Å². The third-order valence-corrected chi connectivity index (χ3v) is 4.36. The Labute approximate surface area is 133 Å². The molecule has 1 N–H and O–H groups in total. The molecule has 0 radical (unpaired) electrons. The standard InChI is InChI=1S/C16H17N3O4/c1-9-4-5-11(6-10(9)2)19-13(20)8-16(15(19)22)7-12(17-18-16)14(21)23-3/h4-6,18H,7-8H2,1-3H3/t16-/m1/s1. The average Bonchev–Trinajstić information content (AvgIpc) is 3.04. The first-order valence-corrected chi connectivity index (χ1v) is 7.25. The Morgan fingerprint density at radius 3 is 2.65 bits per heavy atom. The van der Waals surface area contributed by atoms with Gasteiger partial charge in [0.2, 0.25) is 5.91 Å². The lowest BCUT2D eigenvalue weighted by molar-refractivity contribution is -0.132. The van der Waals surface area contributed by atoms with Gasteiger partial charge in [0.1, 0.15) is 11.3 Å². The van der Waals surface area contributed by atoms with Crippen molar-refractivity contribution in [2.75, 3.05) is 12.0 Å². The average molecular weight is 315 g/mol. The van der Waals surface area contributed by atoms with Crippen LogP contribution in [-0.2, 0) is 19.1 Å². The second kappa shape index (κ2) is 5.19. The van der Waals surface area contributed by atoms with E-state index in [1.54, 1.807) is 12.1 Å². The molecule has 0 unspecified atom stereocenters. The fourth-order valence-electron chi connectivity index (χ4n) is 2.87. The first-order chi connectivity index (χ1) is 10.9. The van der Waals surface area contributed by atoms with Gasteiger partial charge in [-0.3, -0.25) is 15.0 Å². The number of esters is 1. The number of hydrogen-bond donors (Lipinski definition) is 1. The normalized spacial score (nSPS) is 23.3. The van der Waals surface area contributed by atoms with Crippen LogP contribution in [0.5, 0.6) is 0 Å². The fraction of sp³-hybridized carbons (Fsp3) is 0.375. The summed E-state index contributed by atoms with van der Waals surface area (Å²) in [4.78, 5) is 37.9. The van der Waals surface area contributed by atoms with Gasteiger partial charge in [-0.25, -0.2) is 9.69 Å². The second-order valence-electron chi connectivity index (χ2n) is 5.90. The van der Waals surface area contributed by atoms with E-state index in [4.69, 9.17) is 0 Å². The smallest absolute Gasteiger partial charge is 0.354 e. The molecule has 1 spiro atoms. The topological polar surface area (TPSA) is 88.1 Å². The van der Waals surface area contributed by atoms with Crippen molar-refractivity contribution in [1.29, 1.82) is 0 Å². The summed E-state index contributed by atoms with van der Waals surface area (Å²) in [5, 5.41) is 3.88. The number of imide groups is 1. The highest BCUT2D eigenvalue weighted by Gasteiger charge is 2.56. The number of rotatable bonds is 2. The number of hydrazone groups is 1. The molecule has 1 atom stereocenters. The predicted octanol–water partition coefficient (Wildman–Crippen LogP) is 0.828. The fourth-order valence-corrected chi connectivity index (χ4v) is 2.87. The van der Waals surface area contributed by atoms with Gasteiger partial charge in [0, 0.05) is 6.42 Å². The van der Waals surface area contributed by atoms with Crippen LogP contribution in [0.3, 0.4) is 0 Å². The minimum atomic E-state index is -1.18. The Balaban J connectivity index is 1.89. The lowest BCUT2D eigenvalue weighted by atomic mass is 9.93. The summed E-state index contributed by atoms with van der Waals surface area (Å²) in [7, 11) is 1.25. The van der Waals surface area contributed by atoms with Gasteiger partial charge in [-0.15, -0.1) is 0 Å². The number of hydrogen-bond acceptors (Lipinski definition) is 6. The number of nitrogens with zero attached hydrogens (tertiary/aromatic N) is 2. The Morgan fingerprint density at radius 1 is 1.26 bits per heavy atom. The predicted molar refractivity (Wildman–Crippen MR) is 83.0 cm³/mol. The molecular formula is C16H17N3O4. The molecular weight excluding hydrogens is 298 g/mol. The van der Waals surface area contributed by atoms with E-state index in [0.717, 1.165) is 16.0 Å². The van der Waals surface area contributed by atoms with E-state index in [1.807, 2.05) is 19.9 Å². The lowest BCUT2D eigenvalue weighted by Crippen LogP contribution is -2.47. The Kier molecular flexibility index (Phi) is 3.43. The van der Waals surface area contributed by atoms with E-state index >= 15 is 0 Å². The second-order valence-corrected chi connectivity index (χ2v) is 5.90. The first kappa shape index (κ1) is 15.2. The number of carbonyl (C=O) groups excluding carboxylic acids is 3. The van der Waals surface area contributed by atoms with Crippen LogP contribution in [0, 0.1) is 13.8 Å². The summed E-state index contributed by atoms with van der Waals surface area (Å²) >= 11 is 0. The molecule has 7 heteroatoms. The van der Waals surface area contributed by atoms with Gasteiger partial charge in [-0.2, -0.15) is 5.10 Å². The van der Waals surface area contributed by atoms with Crippen molar-refractivity contribution in [2.24, 2.45) is 5.10 Å². The molecule has 2 aliphatic heterocycles. The highest BCUT2D eigenvalue weighted by atomic mass is 16.5. The van der Waals surface area contributed by atoms with Gasteiger partial charge in [0.05, 0.1) is 19.2 Å². The maximum absolute atomic E-state index is 12.8. The zero-order chi connectivity index (χ0) is 16.8. The third kappa shape index (κ3) is 2.28. The molecule has 120 valence electrons. The minimum Gasteiger partial charge on any atom is -0.464 e. The van der Waals surface area contributed by atoms with Crippen LogP contribution in [0.4, 0.5) is 5.69 Å². The molecule has 0 aromatic heterocycles. The summed E-state index contributed by atoms with van der Waals surface area (Å²) in [6.07, 6.45) is 0.00828. The van der Waals surface area contributed by atoms with E-state index < -0.39 is 17.4 Å². The largest absolute Gasteiger partial charge is 0.464 e. The molecule has 2 amide bonds. The van der Waals surface area contributed by atoms with Crippen LogP contribution < -0.4 is 10.3 Å². The SMILES string of the molecule is COC(=O)C1=NN[C@@]2(CC(=O)N(c3ccc(C)c(C)c3)C2=O)C1. The summed E-state index contributed by atoms with van der Waals surface area (Å²) in [6.45, 7) is 3.88. The highest BCUT2D eigenvalue weighted by Crippen LogP contribution is 2.35. The van der Waals surface area contributed by atoms with Crippen LogP contribution in [0.1, 0.15) is 24.0 Å². The summed E-state index contributed by atoms with van der Waals surface area (Å²) in [5.74, 6) is -1.31. The van der Waals surface area contributed by atoms with Crippen molar-refractivity contribution in [3.05, 3.63) is 29.3 Å². The lowest BCUT2D eigenvalue weighted by Gasteiger charge is -2.21. The number of aryl methyl sites for hydroxylation is 2. The maximum Gasteiger partial charge on any atom is 0.354 e. The maximum atomic E-state index is 12.8. The van der Waals surface area contributed by atoms with Crippen molar-refractivity contribution in [3.63, 3.8) is 0 Å². The van der Waals surface area contributed by atoms with Gasteiger partial charge in [0.15, 0.2) is 0 Å². The van der Waals surface area contributed by atoms with E-state index in [1.165, 1.54) is 7.11 Å². The molecule has 0 aliphatic carbocycles. The number of nitrogens with one attached hydrogen (secondary N) is 1. The molecule has 3 rings (SSSR count). The van der Waals surface area contributed by atoms with Crippen LogP contribution in [-0.4, -0.2) is 36.1 Å². The molecule has 1 fully saturated rings. The monoisotopic (exact) mass is 315 g/mol. The third-order valence-electron chi connectivity index (χ3n) is 4.36. The van der Waals surface area contributed by atoms with Crippen molar-refractivity contribution >= 4 is 29.2 Å². The number of benzene rings is 1. The number of anilines is 1. The summed E-state index contributed by atoms with van der Waals surface area (Å²) in [6, 6.07) is 5.42. The van der Waals surface area contributed by atoms with Crippen molar-refractivity contribution in [1.82, 2.24) is 5.43 Å². The zero-order valence-corrected chi connectivity index (χ0v) is 13.2. The quantitative estimate of drug-likeness (QED) is 0.645. The molecule has 2 aliphatic rings. The van der Waals surface area contributed by atoms with E-state index in [2.05, 4.69) is 15.3 Å². The molecule has 2 heterocycles.